The van der Waals surface area contributed by atoms with Crippen molar-refractivity contribution in [1.82, 2.24) is 29.3 Å². The number of hydrogen-bond acceptors (Lipinski definition) is 8. The van der Waals surface area contributed by atoms with Crippen molar-refractivity contribution in [3.05, 3.63) is 17.4 Å². The quantitative estimate of drug-likeness (QED) is 0.569. The largest absolute Gasteiger partial charge is 0.476 e. The third-order valence-electron chi connectivity index (χ3n) is 4.10. The average molecular weight is 427 g/mol. The fraction of sp³-hybridized carbons (Fsp3) is 0.500. The minimum absolute atomic E-state index is 0.0169. The third kappa shape index (κ3) is 3.37. The van der Waals surface area contributed by atoms with Gasteiger partial charge in [-0.2, -0.15) is 4.68 Å². The number of amides is 1. The summed E-state index contributed by atoms with van der Waals surface area (Å²) in [5, 5.41) is 9.56. The summed E-state index contributed by atoms with van der Waals surface area (Å²) in [6.45, 7) is 8.68. The highest BCUT2D eigenvalue weighted by atomic mass is 32.2. The van der Waals surface area contributed by atoms with E-state index in [0.29, 0.717) is 30.9 Å². The van der Waals surface area contributed by atoms with E-state index in [1.165, 1.54) is 20.8 Å². The summed E-state index contributed by atoms with van der Waals surface area (Å²) in [5.74, 6) is 0.0169. The zero-order valence-electron chi connectivity index (χ0n) is 16.1. The Bertz CT molecular complexity index is 1090. The van der Waals surface area contributed by atoms with Crippen LogP contribution in [0.3, 0.4) is 0 Å². The monoisotopic (exact) mass is 426 g/mol. The molecule has 10 nitrogen and oxygen atoms in total. The average Bonchev–Trinajstić information content (AvgIpc) is 3.37. The van der Waals surface area contributed by atoms with Gasteiger partial charge in [0.25, 0.3) is 20.9 Å². The van der Waals surface area contributed by atoms with Crippen LogP contribution in [0.2, 0.25) is 0 Å². The van der Waals surface area contributed by atoms with Crippen LogP contribution in [0.15, 0.2) is 21.8 Å². The van der Waals surface area contributed by atoms with Crippen LogP contribution in [0, 0.1) is 6.92 Å². The van der Waals surface area contributed by atoms with Gasteiger partial charge >= 0.3 is 6.03 Å². The van der Waals surface area contributed by atoms with Gasteiger partial charge in [0.15, 0.2) is 4.90 Å². The number of hydrogen-bond donors (Lipinski definition) is 0. The van der Waals surface area contributed by atoms with Crippen LogP contribution in [0.25, 0.3) is 4.83 Å². The molecule has 0 aromatic carbocycles. The molecular weight excluding hydrogens is 404 g/mol. The lowest BCUT2D eigenvalue weighted by Gasteiger charge is -2.17. The van der Waals surface area contributed by atoms with Gasteiger partial charge in [0.05, 0.1) is 12.3 Å². The second kappa shape index (κ2) is 7.87. The van der Waals surface area contributed by atoms with Crippen LogP contribution in [0.5, 0.6) is 5.88 Å². The zero-order chi connectivity index (χ0) is 20.5. The minimum Gasteiger partial charge on any atom is -0.476 e. The minimum atomic E-state index is -4.13. The maximum absolute atomic E-state index is 13.3. The fourth-order valence-corrected chi connectivity index (χ4v) is 5.16. The molecule has 0 saturated heterocycles. The summed E-state index contributed by atoms with van der Waals surface area (Å²) in [7, 11) is -4.13. The Hall–Kier alpha value is -2.47. The van der Waals surface area contributed by atoms with E-state index in [0.717, 1.165) is 16.7 Å². The normalized spacial score (nSPS) is 11.9. The first-order chi connectivity index (χ1) is 13.3. The summed E-state index contributed by atoms with van der Waals surface area (Å²) >= 11 is 1.25. The summed E-state index contributed by atoms with van der Waals surface area (Å²) in [5.41, 5.74) is 0.790. The molecule has 0 atom stereocenters. The fourth-order valence-electron chi connectivity index (χ4n) is 2.62. The first-order valence-corrected chi connectivity index (χ1v) is 11.3. The van der Waals surface area contributed by atoms with Gasteiger partial charge in [-0.15, -0.1) is 21.5 Å². The Kier molecular flexibility index (Phi) is 5.70. The topological polar surface area (TPSA) is 112 Å². The van der Waals surface area contributed by atoms with E-state index in [9.17, 15) is 13.2 Å². The van der Waals surface area contributed by atoms with Gasteiger partial charge in [-0.1, -0.05) is 6.92 Å². The number of ether oxygens (including phenoxy) is 1. The zero-order valence-corrected chi connectivity index (χ0v) is 17.7. The number of carbonyl (C=O) groups is 1. The lowest BCUT2D eigenvalue weighted by Crippen LogP contribution is -2.34. The van der Waals surface area contributed by atoms with Crippen molar-refractivity contribution in [2.45, 2.75) is 44.2 Å². The first-order valence-electron chi connectivity index (χ1n) is 8.90. The second-order valence-electron chi connectivity index (χ2n) is 6.01. The maximum Gasteiger partial charge on any atom is 0.346 e. The van der Waals surface area contributed by atoms with Gasteiger partial charge in [0, 0.05) is 18.5 Å². The number of carbonyl (C=O) groups excluding carboxylic acids is 1. The standard InChI is InChI=1S/C16H22N6O4S2/c1-5-8-26-13-12(14-22(18-13)11(4)9-27-14)28(24,25)15-17-10-21(19-15)16(23)20(6-2)7-3/h9-10H,5-8H2,1-4H3. The van der Waals surface area contributed by atoms with Gasteiger partial charge < -0.3 is 9.64 Å². The first kappa shape index (κ1) is 20.3. The van der Waals surface area contributed by atoms with E-state index in [2.05, 4.69) is 15.2 Å². The van der Waals surface area contributed by atoms with Gasteiger partial charge in [0.1, 0.15) is 11.2 Å². The molecule has 0 unspecified atom stereocenters. The van der Waals surface area contributed by atoms with E-state index in [-0.39, 0.29) is 10.8 Å². The molecule has 3 aromatic rings. The second-order valence-corrected chi connectivity index (χ2v) is 8.65. The highest BCUT2D eigenvalue weighted by Crippen LogP contribution is 2.35. The maximum atomic E-state index is 13.3. The number of fused-ring (bicyclic) bond motifs is 1. The number of aromatic nitrogens is 5. The number of nitrogens with zero attached hydrogens (tertiary/aromatic N) is 6. The van der Waals surface area contributed by atoms with Crippen LogP contribution in [0.1, 0.15) is 32.9 Å². The summed E-state index contributed by atoms with van der Waals surface area (Å²) in [6.07, 6.45) is 1.81. The van der Waals surface area contributed by atoms with Crippen LogP contribution < -0.4 is 4.74 Å². The predicted molar refractivity (Wildman–Crippen MR) is 103 cm³/mol. The van der Waals surface area contributed by atoms with E-state index in [4.69, 9.17) is 4.74 Å². The molecule has 0 aliphatic carbocycles. The molecule has 28 heavy (non-hydrogen) atoms. The summed E-state index contributed by atoms with van der Waals surface area (Å²) < 4.78 is 34.6. The lowest BCUT2D eigenvalue weighted by molar-refractivity contribution is 0.201. The van der Waals surface area contributed by atoms with Crippen molar-refractivity contribution in [3.63, 3.8) is 0 Å². The number of sulfone groups is 1. The third-order valence-corrected chi connectivity index (χ3v) is 6.86. The summed E-state index contributed by atoms with van der Waals surface area (Å²) in [4.78, 5) is 18.2. The number of aryl methyl sites for hydroxylation is 1. The molecule has 3 heterocycles. The van der Waals surface area contributed by atoms with Crippen molar-refractivity contribution in [2.24, 2.45) is 0 Å². The van der Waals surface area contributed by atoms with Crippen molar-refractivity contribution in [1.29, 1.82) is 0 Å². The molecule has 0 bridgehead atoms. The number of rotatable bonds is 7. The molecule has 1 amide bonds. The lowest BCUT2D eigenvalue weighted by atomic mass is 10.5. The smallest absolute Gasteiger partial charge is 0.346 e. The predicted octanol–water partition coefficient (Wildman–Crippen LogP) is 2.23. The molecule has 0 spiro atoms. The van der Waals surface area contributed by atoms with Crippen molar-refractivity contribution in [2.75, 3.05) is 19.7 Å². The molecule has 0 N–H and O–H groups in total. The SMILES string of the molecule is CCCOc1nn2c(C)csc2c1S(=O)(=O)c1ncn(C(=O)N(CC)CC)n1. The van der Waals surface area contributed by atoms with E-state index < -0.39 is 21.0 Å². The molecule has 0 aliphatic rings. The number of thiazole rings is 1. The van der Waals surface area contributed by atoms with Crippen molar-refractivity contribution >= 4 is 32.0 Å². The highest BCUT2D eigenvalue weighted by molar-refractivity contribution is 7.91. The van der Waals surface area contributed by atoms with E-state index in [1.807, 2.05) is 27.7 Å². The molecule has 0 aliphatic heterocycles. The van der Waals surface area contributed by atoms with Gasteiger partial charge in [-0.3, -0.25) is 0 Å². The van der Waals surface area contributed by atoms with Gasteiger partial charge in [-0.25, -0.2) is 22.7 Å². The van der Waals surface area contributed by atoms with Crippen LogP contribution in [-0.2, 0) is 9.84 Å². The summed E-state index contributed by atoms with van der Waals surface area (Å²) in [6, 6.07) is -0.437. The van der Waals surface area contributed by atoms with Crippen LogP contribution in [0.4, 0.5) is 4.79 Å². The Morgan fingerprint density at radius 2 is 1.96 bits per heavy atom. The molecule has 152 valence electrons. The Labute approximate surface area is 166 Å². The molecule has 12 heteroatoms. The molecule has 3 aromatic heterocycles. The Morgan fingerprint density at radius 3 is 2.61 bits per heavy atom. The molecule has 3 rings (SSSR count). The molecule has 0 fully saturated rings. The van der Waals surface area contributed by atoms with Crippen molar-refractivity contribution in [3.8, 4) is 5.88 Å². The molecule has 0 saturated carbocycles. The molecule has 0 radical (unpaired) electrons. The van der Waals surface area contributed by atoms with Gasteiger partial charge in [-0.05, 0) is 27.2 Å². The van der Waals surface area contributed by atoms with E-state index in [1.54, 1.807) is 5.38 Å². The van der Waals surface area contributed by atoms with Gasteiger partial charge in [0.2, 0.25) is 0 Å². The Balaban J connectivity index is 2.07. The highest BCUT2D eigenvalue weighted by Gasteiger charge is 2.34. The van der Waals surface area contributed by atoms with Crippen LogP contribution in [-0.4, -0.2) is 63.4 Å². The van der Waals surface area contributed by atoms with Crippen LogP contribution >= 0.6 is 11.3 Å². The van der Waals surface area contributed by atoms with Crippen molar-refractivity contribution < 1.29 is 17.9 Å². The molecular formula is C16H22N6O4S2. The Morgan fingerprint density at radius 1 is 1.25 bits per heavy atom. The van der Waals surface area contributed by atoms with E-state index >= 15 is 0 Å².